The Hall–Kier alpha value is -0.000000000000000111. The van der Waals surface area contributed by atoms with Gasteiger partial charge in [-0.15, -0.1) is 0 Å². The van der Waals surface area contributed by atoms with Crippen LogP contribution in [0.25, 0.3) is 0 Å². The molecule has 0 bridgehead atoms. The summed E-state index contributed by atoms with van der Waals surface area (Å²) in [6.07, 6.45) is 0.823. The largest absolute Gasteiger partial charge is 0.313 e. The number of rotatable bonds is 4. The van der Waals surface area contributed by atoms with Gasteiger partial charge in [-0.05, 0) is 77.5 Å². The summed E-state index contributed by atoms with van der Waals surface area (Å²) >= 11 is 20.4. The van der Waals surface area contributed by atoms with E-state index >= 15 is 0 Å². The topological polar surface area (TPSA) is 12.0 Å². The maximum atomic E-state index is 6.10. The molecule has 2 aromatic rings. The molecule has 106 valence electrons. The van der Waals surface area contributed by atoms with Gasteiger partial charge in [0.1, 0.15) is 0 Å². The van der Waals surface area contributed by atoms with Crippen molar-refractivity contribution in [2.75, 3.05) is 7.05 Å². The zero-order valence-corrected chi connectivity index (χ0v) is 15.2. The second kappa shape index (κ2) is 7.32. The zero-order valence-electron chi connectivity index (χ0n) is 10.8. The van der Waals surface area contributed by atoms with Gasteiger partial charge in [-0.3, -0.25) is 0 Å². The van der Waals surface area contributed by atoms with Crippen molar-refractivity contribution in [1.82, 2.24) is 5.32 Å². The van der Waals surface area contributed by atoms with Crippen LogP contribution < -0.4 is 5.32 Å². The molecule has 5 heteroatoms. The fourth-order valence-electron chi connectivity index (χ4n) is 2.05. The lowest BCUT2D eigenvalue weighted by atomic mass is 9.99. The van der Waals surface area contributed by atoms with E-state index in [4.69, 9.17) is 34.8 Å². The van der Waals surface area contributed by atoms with E-state index in [1.807, 2.05) is 43.4 Å². The Kier molecular flexibility index (Phi) is 5.99. The third-order valence-corrected chi connectivity index (χ3v) is 5.06. The van der Waals surface area contributed by atoms with Crippen molar-refractivity contribution in [2.24, 2.45) is 0 Å². The number of hydrogen-bond donors (Lipinski definition) is 1. The minimum atomic E-state index is 0.179. The molecule has 1 nitrogen and oxygen atoms in total. The Balaban J connectivity index is 2.28. The van der Waals surface area contributed by atoms with E-state index in [2.05, 4.69) is 27.9 Å². The van der Waals surface area contributed by atoms with Crippen LogP contribution in [0.1, 0.15) is 17.2 Å². The van der Waals surface area contributed by atoms with Crippen molar-refractivity contribution in [3.05, 3.63) is 66.2 Å². The summed E-state index contributed by atoms with van der Waals surface area (Å²) in [6.45, 7) is 0. The molecule has 0 aromatic heterocycles. The van der Waals surface area contributed by atoms with Gasteiger partial charge in [-0.1, -0.05) is 40.9 Å². The van der Waals surface area contributed by atoms with Gasteiger partial charge >= 0.3 is 0 Å². The predicted octanol–water partition coefficient (Wildman–Crippen LogP) is 5.75. The van der Waals surface area contributed by atoms with E-state index in [0.717, 1.165) is 17.0 Å². The number of hydrogen-bond acceptors (Lipinski definition) is 1. The number of halogens is 4. The molecular weight excluding hydrogens is 427 g/mol. The molecule has 1 atom stereocenters. The fourth-order valence-corrected chi connectivity index (χ4v) is 3.26. The van der Waals surface area contributed by atoms with Gasteiger partial charge in [-0.25, -0.2) is 0 Å². The Bertz CT molecular complexity index is 616. The van der Waals surface area contributed by atoms with E-state index in [1.54, 1.807) is 0 Å². The molecule has 1 unspecified atom stereocenters. The molecule has 0 fully saturated rings. The van der Waals surface area contributed by atoms with Crippen LogP contribution in [0, 0.1) is 3.57 Å². The smallest absolute Gasteiger partial charge is 0.0595 e. The molecule has 20 heavy (non-hydrogen) atoms. The molecule has 2 rings (SSSR count). The number of nitrogens with one attached hydrogen (secondary N) is 1. The van der Waals surface area contributed by atoms with Gasteiger partial charge in [0.15, 0.2) is 0 Å². The summed E-state index contributed by atoms with van der Waals surface area (Å²) in [5, 5.41) is 5.24. The van der Waals surface area contributed by atoms with Crippen molar-refractivity contribution in [1.29, 1.82) is 0 Å². The van der Waals surface area contributed by atoms with Gasteiger partial charge in [0.25, 0.3) is 0 Å². The first-order chi connectivity index (χ1) is 9.51. The molecule has 0 saturated heterocycles. The molecule has 0 saturated carbocycles. The molecule has 0 heterocycles. The highest BCUT2D eigenvalue weighted by molar-refractivity contribution is 14.1. The third kappa shape index (κ3) is 4.01. The van der Waals surface area contributed by atoms with E-state index in [0.29, 0.717) is 10.0 Å². The molecular formula is C15H13Cl3IN. The third-order valence-electron chi connectivity index (χ3n) is 3.11. The fraction of sp³-hybridized carbons (Fsp3) is 0.200. The van der Waals surface area contributed by atoms with Crippen LogP contribution >= 0.6 is 57.4 Å². The van der Waals surface area contributed by atoms with Gasteiger partial charge in [-0.2, -0.15) is 0 Å². The van der Waals surface area contributed by atoms with E-state index in [9.17, 15) is 0 Å². The van der Waals surface area contributed by atoms with Crippen LogP contribution in [0.2, 0.25) is 15.1 Å². The Morgan fingerprint density at radius 3 is 2.45 bits per heavy atom. The molecule has 1 N–H and O–H groups in total. The molecule has 0 aliphatic heterocycles. The predicted molar refractivity (Wildman–Crippen MR) is 96.1 cm³/mol. The first-order valence-corrected chi connectivity index (χ1v) is 8.28. The van der Waals surface area contributed by atoms with Crippen molar-refractivity contribution >= 4 is 57.4 Å². The van der Waals surface area contributed by atoms with Crippen molar-refractivity contribution in [3.8, 4) is 0 Å². The van der Waals surface area contributed by atoms with Crippen LogP contribution in [-0.2, 0) is 6.42 Å². The molecule has 0 spiro atoms. The average Bonchev–Trinajstić information content (AvgIpc) is 2.43. The van der Waals surface area contributed by atoms with Crippen LogP contribution in [0.4, 0.5) is 0 Å². The summed E-state index contributed by atoms with van der Waals surface area (Å²) in [6, 6.07) is 11.8. The summed E-state index contributed by atoms with van der Waals surface area (Å²) in [5.74, 6) is 0. The SMILES string of the molecule is CNC(Cc1ccc(Cl)c(Cl)c1)c1cc(Cl)ccc1I. The Morgan fingerprint density at radius 2 is 1.80 bits per heavy atom. The summed E-state index contributed by atoms with van der Waals surface area (Å²) in [4.78, 5) is 0. The monoisotopic (exact) mass is 439 g/mol. The highest BCUT2D eigenvalue weighted by atomic mass is 127. The van der Waals surface area contributed by atoms with E-state index in [1.165, 1.54) is 9.13 Å². The molecule has 0 radical (unpaired) electrons. The normalized spacial score (nSPS) is 12.4. The van der Waals surface area contributed by atoms with Gasteiger partial charge < -0.3 is 5.32 Å². The van der Waals surface area contributed by atoms with Gasteiger partial charge in [0.05, 0.1) is 10.0 Å². The van der Waals surface area contributed by atoms with E-state index < -0.39 is 0 Å². The van der Waals surface area contributed by atoms with Crippen LogP contribution in [0.15, 0.2) is 36.4 Å². The highest BCUT2D eigenvalue weighted by Gasteiger charge is 2.14. The van der Waals surface area contributed by atoms with E-state index in [-0.39, 0.29) is 6.04 Å². The Morgan fingerprint density at radius 1 is 1.05 bits per heavy atom. The minimum absolute atomic E-state index is 0.179. The molecule has 0 aliphatic rings. The first-order valence-electron chi connectivity index (χ1n) is 6.07. The molecule has 0 amide bonds. The second-order valence-electron chi connectivity index (χ2n) is 4.46. The lowest BCUT2D eigenvalue weighted by Crippen LogP contribution is -2.20. The number of likely N-dealkylation sites (N-methyl/N-ethyl adjacent to an activating group) is 1. The zero-order chi connectivity index (χ0) is 14.7. The van der Waals surface area contributed by atoms with Crippen LogP contribution in [-0.4, -0.2) is 7.05 Å². The van der Waals surface area contributed by atoms with Gasteiger partial charge in [0.2, 0.25) is 0 Å². The second-order valence-corrected chi connectivity index (χ2v) is 6.87. The van der Waals surface area contributed by atoms with Crippen molar-refractivity contribution in [2.45, 2.75) is 12.5 Å². The quantitative estimate of drug-likeness (QED) is 0.597. The minimum Gasteiger partial charge on any atom is -0.313 e. The van der Waals surface area contributed by atoms with Crippen LogP contribution in [0.5, 0.6) is 0 Å². The standard InChI is InChI=1S/C15H13Cl3IN/c1-20-15(11-8-10(16)3-5-14(11)19)7-9-2-4-12(17)13(18)6-9/h2-6,8,15,20H,7H2,1H3. The average molecular weight is 441 g/mol. The molecule has 0 aliphatic carbocycles. The van der Waals surface area contributed by atoms with Crippen molar-refractivity contribution in [3.63, 3.8) is 0 Å². The van der Waals surface area contributed by atoms with Gasteiger partial charge in [0, 0.05) is 14.6 Å². The van der Waals surface area contributed by atoms with Crippen molar-refractivity contribution < 1.29 is 0 Å². The first kappa shape index (κ1) is 16.4. The van der Waals surface area contributed by atoms with Crippen LogP contribution in [0.3, 0.4) is 0 Å². The Labute approximate surface area is 147 Å². The summed E-state index contributed by atoms with van der Waals surface area (Å²) < 4.78 is 1.19. The summed E-state index contributed by atoms with van der Waals surface area (Å²) in [5.41, 5.74) is 2.32. The number of benzene rings is 2. The maximum absolute atomic E-state index is 6.10. The highest BCUT2D eigenvalue weighted by Crippen LogP contribution is 2.28. The lowest BCUT2D eigenvalue weighted by molar-refractivity contribution is 0.589. The summed E-state index contributed by atoms with van der Waals surface area (Å²) in [7, 11) is 1.94. The maximum Gasteiger partial charge on any atom is 0.0595 e. The lowest BCUT2D eigenvalue weighted by Gasteiger charge is -2.19. The molecule has 2 aromatic carbocycles.